The van der Waals surface area contributed by atoms with Gasteiger partial charge in [0.15, 0.2) is 7.38 Å². The van der Waals surface area contributed by atoms with Gasteiger partial charge in [-0.2, -0.15) is 15.5 Å². The summed E-state index contributed by atoms with van der Waals surface area (Å²) < 4.78 is 16.5. The third-order valence-electron chi connectivity index (χ3n) is 1.15. The predicted octanol–water partition coefficient (Wildman–Crippen LogP) is 2.46. The Bertz CT molecular complexity index is 188. The molecule has 0 N–H and O–H groups in total. The molecule has 0 saturated carbocycles. The highest BCUT2D eigenvalue weighted by atomic mass is 35.6. The molecule has 0 aromatic carbocycles. The van der Waals surface area contributed by atoms with Crippen LogP contribution in [-0.4, -0.2) is 20.0 Å². The molecular weight excluding hydrogens is 199 g/mol. The molecule has 0 fully saturated rings. The fourth-order valence-electron chi connectivity index (χ4n) is 0.465. The second kappa shape index (κ2) is 4.62. The summed E-state index contributed by atoms with van der Waals surface area (Å²) in [5.41, 5.74) is 0. The highest BCUT2D eigenvalue weighted by Crippen LogP contribution is 2.13. The Balaban J connectivity index is 3.58. The third-order valence-corrected chi connectivity index (χ3v) is 3.11. The molecule has 0 unspecified atom stereocenters. The van der Waals surface area contributed by atoms with Gasteiger partial charge in [-0.3, -0.25) is 0 Å². The SMILES string of the molecule is C=C(F)C(=O)OCC[Si](C)(C)Cl. The lowest BCUT2D eigenvalue weighted by atomic mass is 10.6. The van der Waals surface area contributed by atoms with Crippen molar-refractivity contribution < 1.29 is 13.9 Å². The fraction of sp³-hybridized carbons (Fsp3) is 0.571. The molecule has 5 heteroatoms. The van der Waals surface area contributed by atoms with Crippen LogP contribution in [0.5, 0.6) is 0 Å². The maximum Gasteiger partial charge on any atom is 0.366 e. The van der Waals surface area contributed by atoms with Crippen molar-refractivity contribution in [3.63, 3.8) is 0 Å². The molecule has 0 heterocycles. The Morgan fingerprint density at radius 2 is 2.17 bits per heavy atom. The number of ether oxygens (including phenoxy) is 1. The van der Waals surface area contributed by atoms with Crippen molar-refractivity contribution in [3.05, 3.63) is 12.4 Å². The van der Waals surface area contributed by atoms with Crippen molar-refractivity contribution in [2.24, 2.45) is 0 Å². The molecule has 0 spiro atoms. The number of carbonyl (C=O) groups excluding carboxylic acids is 1. The number of carbonyl (C=O) groups is 1. The van der Waals surface area contributed by atoms with Crippen LogP contribution < -0.4 is 0 Å². The summed E-state index contributed by atoms with van der Waals surface area (Å²) in [5, 5.41) is 0. The van der Waals surface area contributed by atoms with Crippen LogP contribution in [-0.2, 0) is 9.53 Å². The Hall–Kier alpha value is -0.353. The third kappa shape index (κ3) is 6.36. The molecule has 0 atom stereocenters. The van der Waals surface area contributed by atoms with E-state index >= 15 is 0 Å². The lowest BCUT2D eigenvalue weighted by Crippen LogP contribution is -2.20. The smallest absolute Gasteiger partial charge is 0.366 e. The van der Waals surface area contributed by atoms with E-state index in [1.54, 1.807) is 0 Å². The second-order valence-corrected chi connectivity index (χ2v) is 10.0. The van der Waals surface area contributed by atoms with Gasteiger partial charge in [-0.15, -0.1) is 0 Å². The number of hydrogen-bond acceptors (Lipinski definition) is 2. The quantitative estimate of drug-likeness (QED) is 0.308. The molecule has 0 aromatic rings. The monoisotopic (exact) mass is 210 g/mol. The first-order chi connectivity index (χ1) is 5.33. The Morgan fingerprint density at radius 3 is 2.50 bits per heavy atom. The standard InChI is InChI=1S/C7H12ClFO2Si/c1-6(9)7(10)11-4-5-12(2,3)8/h1,4-5H2,2-3H3. The molecule has 0 saturated heterocycles. The molecule has 0 aliphatic rings. The summed E-state index contributed by atoms with van der Waals surface area (Å²) in [5.74, 6) is -2.06. The van der Waals surface area contributed by atoms with E-state index in [0.29, 0.717) is 6.04 Å². The zero-order chi connectivity index (χ0) is 9.78. The maximum atomic E-state index is 12.0. The summed E-state index contributed by atoms with van der Waals surface area (Å²) in [4.78, 5) is 10.5. The molecular formula is C7H12ClFO2Si. The second-order valence-electron chi connectivity index (χ2n) is 3.01. The van der Waals surface area contributed by atoms with Crippen LogP contribution in [0, 0.1) is 0 Å². The van der Waals surface area contributed by atoms with Crippen LogP contribution in [0.15, 0.2) is 12.4 Å². The van der Waals surface area contributed by atoms with E-state index in [2.05, 4.69) is 11.3 Å². The molecule has 0 aromatic heterocycles. The van der Waals surface area contributed by atoms with Crippen molar-refractivity contribution in [2.45, 2.75) is 19.1 Å². The van der Waals surface area contributed by atoms with Crippen molar-refractivity contribution in [1.29, 1.82) is 0 Å². The highest BCUT2D eigenvalue weighted by Gasteiger charge is 2.17. The van der Waals surface area contributed by atoms with Gasteiger partial charge in [-0.05, 0) is 6.04 Å². The Morgan fingerprint density at radius 1 is 1.67 bits per heavy atom. The van der Waals surface area contributed by atoms with E-state index < -0.39 is 19.2 Å². The van der Waals surface area contributed by atoms with E-state index in [1.807, 2.05) is 13.1 Å². The zero-order valence-electron chi connectivity index (χ0n) is 7.19. The fourth-order valence-corrected chi connectivity index (χ4v) is 1.28. The maximum absolute atomic E-state index is 12.0. The van der Waals surface area contributed by atoms with Gasteiger partial charge in [0.25, 0.3) is 0 Å². The molecule has 0 radical (unpaired) electrons. The Labute approximate surface area is 77.1 Å². The minimum absolute atomic E-state index is 0.171. The number of hydrogen-bond donors (Lipinski definition) is 0. The first-order valence-electron chi connectivity index (χ1n) is 3.53. The first kappa shape index (κ1) is 11.6. The summed E-state index contributed by atoms with van der Waals surface area (Å²) in [6.07, 6.45) is 0. The van der Waals surface area contributed by atoms with Crippen LogP contribution in [0.4, 0.5) is 4.39 Å². The molecule has 12 heavy (non-hydrogen) atoms. The lowest BCUT2D eigenvalue weighted by molar-refractivity contribution is -0.140. The molecule has 0 aliphatic carbocycles. The minimum atomic E-state index is -1.72. The molecule has 70 valence electrons. The van der Waals surface area contributed by atoms with Gasteiger partial charge in [0.1, 0.15) is 0 Å². The van der Waals surface area contributed by atoms with Crippen molar-refractivity contribution in [3.8, 4) is 0 Å². The topological polar surface area (TPSA) is 26.3 Å². The van der Waals surface area contributed by atoms with Crippen LogP contribution in [0.2, 0.25) is 19.1 Å². The van der Waals surface area contributed by atoms with Crippen LogP contribution in [0.25, 0.3) is 0 Å². The van der Waals surface area contributed by atoms with E-state index in [9.17, 15) is 9.18 Å². The van der Waals surface area contributed by atoms with Gasteiger partial charge in [-0.1, -0.05) is 19.7 Å². The average Bonchev–Trinajstić information content (AvgIpc) is 1.84. The molecule has 0 amide bonds. The summed E-state index contributed by atoms with van der Waals surface area (Å²) in [6.45, 7) is 6.82. The van der Waals surface area contributed by atoms with E-state index in [-0.39, 0.29) is 6.61 Å². The molecule has 2 nitrogen and oxygen atoms in total. The largest absolute Gasteiger partial charge is 0.461 e. The van der Waals surface area contributed by atoms with E-state index in [0.717, 1.165) is 0 Å². The van der Waals surface area contributed by atoms with Gasteiger partial charge < -0.3 is 4.74 Å². The van der Waals surface area contributed by atoms with Crippen molar-refractivity contribution >= 4 is 24.4 Å². The van der Waals surface area contributed by atoms with Gasteiger partial charge in [0.05, 0.1) is 6.61 Å². The summed E-state index contributed by atoms with van der Waals surface area (Å²) >= 11 is 5.93. The van der Waals surface area contributed by atoms with E-state index in [1.165, 1.54) is 0 Å². The summed E-state index contributed by atoms with van der Waals surface area (Å²) in [7, 11) is -1.72. The number of rotatable bonds is 4. The van der Waals surface area contributed by atoms with Crippen LogP contribution in [0.1, 0.15) is 0 Å². The van der Waals surface area contributed by atoms with E-state index in [4.69, 9.17) is 11.1 Å². The van der Waals surface area contributed by atoms with Gasteiger partial charge in [0, 0.05) is 0 Å². The number of esters is 1. The number of halogens is 2. The Kier molecular flexibility index (Phi) is 4.48. The molecule has 0 aliphatic heterocycles. The van der Waals surface area contributed by atoms with Crippen molar-refractivity contribution in [1.82, 2.24) is 0 Å². The van der Waals surface area contributed by atoms with Crippen molar-refractivity contribution in [2.75, 3.05) is 6.61 Å². The average molecular weight is 211 g/mol. The van der Waals surface area contributed by atoms with Crippen LogP contribution >= 0.6 is 11.1 Å². The first-order valence-corrected chi connectivity index (χ1v) is 7.75. The summed E-state index contributed by atoms with van der Waals surface area (Å²) in [6, 6.07) is 0.619. The van der Waals surface area contributed by atoms with Crippen LogP contribution in [0.3, 0.4) is 0 Å². The predicted molar refractivity (Wildman–Crippen MR) is 49.3 cm³/mol. The zero-order valence-corrected chi connectivity index (χ0v) is 8.95. The molecule has 0 rings (SSSR count). The molecule has 0 bridgehead atoms. The lowest BCUT2D eigenvalue weighted by Gasteiger charge is -2.11. The van der Waals surface area contributed by atoms with Gasteiger partial charge in [-0.25, -0.2) is 4.79 Å². The van der Waals surface area contributed by atoms with Gasteiger partial charge >= 0.3 is 5.97 Å². The highest BCUT2D eigenvalue weighted by molar-refractivity contribution is 7.19. The minimum Gasteiger partial charge on any atom is -0.461 e. The normalized spacial score (nSPS) is 11.0. The van der Waals surface area contributed by atoms with Gasteiger partial charge in [0.2, 0.25) is 5.83 Å².